The van der Waals surface area contributed by atoms with Crippen LogP contribution in [0.4, 0.5) is 18.9 Å². The molecule has 23 heavy (non-hydrogen) atoms. The molecule has 0 spiro atoms. The minimum atomic E-state index is -4.56. The van der Waals surface area contributed by atoms with Crippen molar-refractivity contribution in [3.63, 3.8) is 0 Å². The third-order valence-corrected chi connectivity index (χ3v) is 2.48. The highest BCUT2D eigenvalue weighted by atomic mass is 19.4. The molecule has 1 aromatic rings. The van der Waals surface area contributed by atoms with E-state index in [1.54, 1.807) is 6.07 Å². The number of ether oxygens (including phenoxy) is 1. The first-order valence-electron chi connectivity index (χ1n) is 6.56. The van der Waals surface area contributed by atoms with Crippen LogP contribution in [0.1, 0.15) is 19.4 Å². The molecule has 4 N–H and O–H groups in total. The van der Waals surface area contributed by atoms with Gasteiger partial charge in [-0.1, -0.05) is 13.8 Å². The molecule has 1 aromatic carbocycles. The molecule has 0 radical (unpaired) electrons. The molecular weight excluding hydrogens is 311 g/mol. The van der Waals surface area contributed by atoms with Gasteiger partial charge in [0, 0.05) is 6.07 Å². The van der Waals surface area contributed by atoms with E-state index in [9.17, 15) is 13.2 Å². The van der Waals surface area contributed by atoms with Gasteiger partial charge in [-0.2, -0.15) is 23.5 Å². The number of hydrogen-bond donors (Lipinski definition) is 3. The maximum Gasteiger partial charge on any atom is 0.416 e. The first-order valence-corrected chi connectivity index (χ1v) is 6.56. The zero-order valence-electron chi connectivity index (χ0n) is 12.5. The van der Waals surface area contributed by atoms with Crippen molar-refractivity contribution in [2.24, 2.45) is 16.8 Å². The van der Waals surface area contributed by atoms with Crippen LogP contribution < -0.4 is 15.9 Å². The van der Waals surface area contributed by atoms with Crippen molar-refractivity contribution < 1.29 is 17.9 Å². The predicted octanol–water partition coefficient (Wildman–Crippen LogP) is 2.97. The number of benzene rings is 1. The molecule has 0 saturated heterocycles. The van der Waals surface area contributed by atoms with Crippen LogP contribution in [-0.2, 0) is 6.18 Å². The first kappa shape index (κ1) is 18.3. The molecule has 0 aliphatic rings. The minimum absolute atomic E-state index is 0.0209. The Bertz CT molecular complexity index is 647. The Balaban J connectivity index is 3.13. The maximum atomic E-state index is 12.9. The van der Waals surface area contributed by atoms with Crippen molar-refractivity contribution >= 4 is 17.2 Å². The van der Waals surface area contributed by atoms with E-state index in [1.807, 2.05) is 13.8 Å². The number of amidine groups is 1. The van der Waals surface area contributed by atoms with Crippen LogP contribution >= 0.6 is 0 Å². The molecule has 6 nitrogen and oxygen atoms in total. The van der Waals surface area contributed by atoms with Crippen LogP contribution in [0, 0.1) is 22.7 Å². The van der Waals surface area contributed by atoms with Crippen LogP contribution in [0.25, 0.3) is 0 Å². The fourth-order valence-electron chi connectivity index (χ4n) is 1.44. The number of hydrazone groups is 1. The lowest BCUT2D eigenvalue weighted by atomic mass is 10.2. The zero-order chi connectivity index (χ0) is 17.6. The molecule has 0 heterocycles. The highest BCUT2D eigenvalue weighted by Gasteiger charge is 2.31. The summed E-state index contributed by atoms with van der Waals surface area (Å²) in [6.07, 6.45) is -4.56. The van der Waals surface area contributed by atoms with E-state index in [4.69, 9.17) is 21.1 Å². The lowest BCUT2D eigenvalue weighted by Crippen LogP contribution is -2.21. The Hall–Kier alpha value is -2.76. The van der Waals surface area contributed by atoms with Crippen molar-refractivity contribution in [1.82, 2.24) is 0 Å². The van der Waals surface area contributed by atoms with Gasteiger partial charge in [0.05, 0.1) is 17.9 Å². The normalized spacial score (nSPS) is 12.0. The summed E-state index contributed by atoms with van der Waals surface area (Å²) in [6, 6.07) is 4.57. The van der Waals surface area contributed by atoms with E-state index in [-0.39, 0.29) is 24.0 Å². The van der Waals surface area contributed by atoms with Gasteiger partial charge >= 0.3 is 6.18 Å². The molecule has 124 valence electrons. The molecule has 0 saturated carbocycles. The number of nitriles is 1. The average molecular weight is 327 g/mol. The van der Waals surface area contributed by atoms with Gasteiger partial charge in [0.1, 0.15) is 11.8 Å². The lowest BCUT2D eigenvalue weighted by molar-refractivity contribution is -0.137. The second-order valence-corrected chi connectivity index (χ2v) is 5.05. The summed E-state index contributed by atoms with van der Waals surface area (Å²) in [6.45, 7) is 3.98. The molecule has 1 rings (SSSR count). The Morgan fingerprint density at radius 2 is 2.09 bits per heavy atom. The van der Waals surface area contributed by atoms with E-state index >= 15 is 0 Å². The fraction of sp³-hybridized carbons (Fsp3) is 0.357. The van der Waals surface area contributed by atoms with Crippen LogP contribution in [-0.4, -0.2) is 18.2 Å². The van der Waals surface area contributed by atoms with E-state index in [0.29, 0.717) is 0 Å². The van der Waals surface area contributed by atoms with Gasteiger partial charge < -0.3 is 10.5 Å². The standard InChI is InChI=1S/C14H16F3N5O/c1-8(2)7-23-11-4-9(14(15,16)17)3-10(5-11)21-22-12(6-18)13(19)20/h3-5,8,21H,7H2,1-2H3,(H3,19,20)/b22-12+. The van der Waals surface area contributed by atoms with Gasteiger partial charge in [0.15, 0.2) is 5.84 Å². The van der Waals surface area contributed by atoms with Gasteiger partial charge in [-0.3, -0.25) is 10.8 Å². The molecule has 0 aliphatic heterocycles. The third kappa shape index (κ3) is 5.86. The summed E-state index contributed by atoms with van der Waals surface area (Å²) >= 11 is 0. The highest BCUT2D eigenvalue weighted by molar-refractivity contribution is 6.45. The summed E-state index contributed by atoms with van der Waals surface area (Å²) in [4.78, 5) is 0. The molecule has 9 heteroatoms. The van der Waals surface area contributed by atoms with Crippen molar-refractivity contribution in [3.8, 4) is 11.8 Å². The zero-order valence-corrected chi connectivity index (χ0v) is 12.5. The highest BCUT2D eigenvalue weighted by Crippen LogP contribution is 2.34. The average Bonchev–Trinajstić information content (AvgIpc) is 2.44. The van der Waals surface area contributed by atoms with Gasteiger partial charge in [0.2, 0.25) is 5.71 Å². The number of nitrogens with two attached hydrogens (primary N) is 1. The van der Waals surface area contributed by atoms with Gasteiger partial charge in [-0.25, -0.2) is 0 Å². The van der Waals surface area contributed by atoms with Crippen LogP contribution in [0.15, 0.2) is 23.3 Å². The molecule has 0 aromatic heterocycles. The van der Waals surface area contributed by atoms with Gasteiger partial charge in [-0.15, -0.1) is 0 Å². The second kappa shape index (κ2) is 7.49. The van der Waals surface area contributed by atoms with Gasteiger partial charge in [0.25, 0.3) is 0 Å². The maximum absolute atomic E-state index is 12.9. The molecule has 0 amide bonds. The quantitative estimate of drug-likeness (QED) is 0.424. The fourth-order valence-corrected chi connectivity index (χ4v) is 1.44. The SMILES string of the molecule is CC(C)COc1cc(N/N=C(\C#N)C(=N)N)cc(C(F)(F)F)c1. The summed E-state index contributed by atoms with van der Waals surface area (Å²) in [5.74, 6) is -0.433. The topological polar surface area (TPSA) is 107 Å². The summed E-state index contributed by atoms with van der Waals surface area (Å²) < 4.78 is 44.0. The Labute approximate surface area is 131 Å². The number of halogens is 3. The summed E-state index contributed by atoms with van der Waals surface area (Å²) in [5.41, 5.74) is 6.00. The lowest BCUT2D eigenvalue weighted by Gasteiger charge is -2.14. The first-order chi connectivity index (χ1) is 10.6. The van der Waals surface area contributed by atoms with Gasteiger partial charge in [-0.05, 0) is 18.1 Å². The van der Waals surface area contributed by atoms with Crippen LogP contribution in [0.2, 0.25) is 0 Å². The Morgan fingerprint density at radius 3 is 2.57 bits per heavy atom. The van der Waals surface area contributed by atoms with E-state index in [1.165, 1.54) is 6.07 Å². The number of hydrogen-bond acceptors (Lipinski definition) is 5. The van der Waals surface area contributed by atoms with E-state index in [0.717, 1.165) is 12.1 Å². The minimum Gasteiger partial charge on any atom is -0.493 e. The molecular formula is C14H16F3N5O. The smallest absolute Gasteiger partial charge is 0.416 e. The monoisotopic (exact) mass is 327 g/mol. The van der Waals surface area contributed by atoms with Crippen molar-refractivity contribution in [1.29, 1.82) is 10.7 Å². The molecule has 0 bridgehead atoms. The largest absolute Gasteiger partial charge is 0.493 e. The molecule has 0 atom stereocenters. The van der Waals surface area contributed by atoms with Crippen LogP contribution in [0.3, 0.4) is 0 Å². The van der Waals surface area contributed by atoms with E-state index < -0.39 is 23.3 Å². The number of rotatable bonds is 6. The van der Waals surface area contributed by atoms with Crippen molar-refractivity contribution in [2.45, 2.75) is 20.0 Å². The molecule has 0 unspecified atom stereocenters. The van der Waals surface area contributed by atoms with Crippen molar-refractivity contribution in [2.75, 3.05) is 12.0 Å². The summed E-state index contributed by atoms with van der Waals surface area (Å²) in [7, 11) is 0. The van der Waals surface area contributed by atoms with Crippen molar-refractivity contribution in [3.05, 3.63) is 23.8 Å². The number of alkyl halides is 3. The number of nitrogens with one attached hydrogen (secondary N) is 2. The molecule has 0 aliphatic carbocycles. The van der Waals surface area contributed by atoms with Crippen LogP contribution in [0.5, 0.6) is 5.75 Å². The number of nitrogens with zero attached hydrogens (tertiary/aromatic N) is 2. The Kier molecular flexibility index (Phi) is 5.95. The number of anilines is 1. The Morgan fingerprint density at radius 1 is 1.43 bits per heavy atom. The second-order valence-electron chi connectivity index (χ2n) is 5.05. The molecule has 0 fully saturated rings. The summed E-state index contributed by atoms with van der Waals surface area (Å²) in [5, 5.41) is 19.3. The third-order valence-electron chi connectivity index (χ3n) is 2.48. The van der Waals surface area contributed by atoms with E-state index in [2.05, 4.69) is 10.5 Å². The predicted molar refractivity (Wildman–Crippen MR) is 80.4 cm³/mol.